The van der Waals surface area contributed by atoms with Crippen LogP contribution in [0, 0.1) is 5.41 Å². The summed E-state index contributed by atoms with van der Waals surface area (Å²) in [5.74, 6) is 2.39. The number of pyridine rings is 1. The molecule has 0 amide bonds. The van der Waals surface area contributed by atoms with E-state index >= 15 is 0 Å². The summed E-state index contributed by atoms with van der Waals surface area (Å²) >= 11 is 0. The lowest BCUT2D eigenvalue weighted by Crippen LogP contribution is -2.55. The second-order valence-corrected chi connectivity index (χ2v) is 10.5. The molecule has 11 heteroatoms. The van der Waals surface area contributed by atoms with Gasteiger partial charge in [0.2, 0.25) is 5.95 Å². The minimum atomic E-state index is -1.37. The summed E-state index contributed by atoms with van der Waals surface area (Å²) in [6, 6.07) is 3.83. The molecule has 3 aromatic rings. The summed E-state index contributed by atoms with van der Waals surface area (Å²) in [5.41, 5.74) is 0.324. The van der Waals surface area contributed by atoms with Crippen LogP contribution in [0.1, 0.15) is 40.2 Å². The summed E-state index contributed by atoms with van der Waals surface area (Å²) in [6.07, 6.45) is 1.44. The Bertz CT molecular complexity index is 1220. The average molecular weight is 485 g/mol. The molecule has 188 valence electrons. The van der Waals surface area contributed by atoms with Crippen LogP contribution in [0.4, 0.5) is 27.8 Å². The van der Waals surface area contributed by atoms with E-state index in [-0.39, 0.29) is 18.7 Å². The monoisotopic (exact) mass is 484 g/mol. The number of nitrogens with zero attached hydrogens (tertiary/aromatic N) is 7. The Morgan fingerprint density at radius 2 is 1.94 bits per heavy atom. The number of nitrogens with one attached hydrogen (secondary N) is 1. The number of anilines is 4. The van der Waals surface area contributed by atoms with Gasteiger partial charge in [-0.1, -0.05) is 13.8 Å². The van der Waals surface area contributed by atoms with Crippen LogP contribution in [0.15, 0.2) is 24.5 Å². The van der Waals surface area contributed by atoms with Crippen molar-refractivity contribution in [3.05, 3.63) is 24.5 Å². The zero-order valence-corrected chi connectivity index (χ0v) is 20.6. The molecule has 3 N–H and O–H groups in total. The molecule has 5 rings (SSSR count). The second kappa shape index (κ2) is 8.87. The molecule has 2 aliphatic heterocycles. The Morgan fingerprint density at radius 1 is 1.14 bits per heavy atom. The van der Waals surface area contributed by atoms with Crippen LogP contribution in [0.5, 0.6) is 0 Å². The number of halogens is 1. The summed E-state index contributed by atoms with van der Waals surface area (Å²) in [4.78, 5) is 17.4. The van der Waals surface area contributed by atoms with Gasteiger partial charge in [0.15, 0.2) is 5.82 Å². The van der Waals surface area contributed by atoms with Gasteiger partial charge in [-0.15, -0.1) is 0 Å². The standard InChI is InChI=1S/C24H33FN8O2/c1-14(2)33-18-9-20(27-10-16(18)22(30-33)31-8-6-15(34)11-31)28-19-5-7-26-23(29-19)32-12-17(25)21(35)24(3,4)13-32/h5,7,9-10,14-15,17,21,34-35H,6,8,11-13H2,1-4H3,(H,26,27,28,29)/t15-,17+,21+/m1/s1. The first-order valence-corrected chi connectivity index (χ1v) is 12.1. The van der Waals surface area contributed by atoms with Crippen molar-refractivity contribution in [2.75, 3.05) is 41.3 Å². The Hall–Kier alpha value is -3.05. The van der Waals surface area contributed by atoms with Gasteiger partial charge in [-0.2, -0.15) is 10.1 Å². The Kier molecular flexibility index (Phi) is 6.00. The molecule has 2 fully saturated rings. The van der Waals surface area contributed by atoms with Gasteiger partial charge in [0.1, 0.15) is 17.8 Å². The highest BCUT2D eigenvalue weighted by atomic mass is 19.1. The molecule has 3 atom stereocenters. The third-order valence-electron chi connectivity index (χ3n) is 6.84. The SMILES string of the molecule is CC(C)n1nc(N2CC[C@@H](O)C2)c2cnc(Nc3ccnc(N4C[C@H](F)[C@H](O)C(C)(C)C4)n3)cc21. The molecule has 0 bridgehead atoms. The first-order chi connectivity index (χ1) is 16.6. The van der Waals surface area contributed by atoms with E-state index in [1.807, 2.05) is 24.6 Å². The molecule has 5 heterocycles. The number of aliphatic hydroxyl groups excluding tert-OH is 2. The lowest BCUT2D eigenvalue weighted by atomic mass is 9.80. The van der Waals surface area contributed by atoms with E-state index in [1.165, 1.54) is 0 Å². The zero-order valence-electron chi connectivity index (χ0n) is 20.6. The Balaban J connectivity index is 1.42. The number of aliphatic hydroxyl groups is 2. The molecule has 10 nitrogen and oxygen atoms in total. The Morgan fingerprint density at radius 3 is 2.63 bits per heavy atom. The van der Waals surface area contributed by atoms with Crippen molar-refractivity contribution < 1.29 is 14.6 Å². The smallest absolute Gasteiger partial charge is 0.227 e. The van der Waals surface area contributed by atoms with Gasteiger partial charge in [0, 0.05) is 49.6 Å². The predicted octanol–water partition coefficient (Wildman–Crippen LogP) is 2.66. The number of rotatable bonds is 5. The molecule has 2 saturated heterocycles. The van der Waals surface area contributed by atoms with Gasteiger partial charge < -0.3 is 25.3 Å². The van der Waals surface area contributed by atoms with Gasteiger partial charge in [-0.05, 0) is 26.3 Å². The van der Waals surface area contributed by atoms with E-state index in [1.54, 1.807) is 23.4 Å². The average Bonchev–Trinajstić information content (AvgIpc) is 3.40. The van der Waals surface area contributed by atoms with Crippen molar-refractivity contribution in [1.29, 1.82) is 0 Å². The van der Waals surface area contributed by atoms with Crippen molar-refractivity contribution in [3.8, 4) is 0 Å². The molecule has 3 aromatic heterocycles. The van der Waals surface area contributed by atoms with Crippen molar-refractivity contribution in [3.63, 3.8) is 0 Å². The van der Waals surface area contributed by atoms with Crippen LogP contribution >= 0.6 is 0 Å². The Labute approximate surface area is 203 Å². The number of piperidine rings is 1. The largest absolute Gasteiger partial charge is 0.391 e. The lowest BCUT2D eigenvalue weighted by molar-refractivity contribution is -0.0257. The fourth-order valence-electron chi connectivity index (χ4n) is 4.95. The molecular formula is C24H33FN8O2. The number of alkyl halides is 1. The van der Waals surface area contributed by atoms with Crippen LogP contribution in [-0.4, -0.2) is 79.5 Å². The quantitative estimate of drug-likeness (QED) is 0.503. The first kappa shape index (κ1) is 23.7. The molecule has 35 heavy (non-hydrogen) atoms. The highest BCUT2D eigenvalue weighted by Gasteiger charge is 2.42. The maximum Gasteiger partial charge on any atom is 0.227 e. The molecule has 0 aliphatic carbocycles. The van der Waals surface area contributed by atoms with Crippen LogP contribution in [0.25, 0.3) is 10.9 Å². The third kappa shape index (κ3) is 4.50. The molecule has 0 unspecified atom stereocenters. The van der Waals surface area contributed by atoms with Gasteiger partial charge in [-0.3, -0.25) is 4.68 Å². The van der Waals surface area contributed by atoms with E-state index in [0.717, 1.165) is 29.7 Å². The summed E-state index contributed by atoms with van der Waals surface area (Å²) in [6.45, 7) is 9.66. The van der Waals surface area contributed by atoms with Crippen molar-refractivity contribution in [2.45, 2.75) is 58.5 Å². The van der Waals surface area contributed by atoms with Crippen LogP contribution in [-0.2, 0) is 0 Å². The summed E-state index contributed by atoms with van der Waals surface area (Å²) in [7, 11) is 0. The van der Waals surface area contributed by atoms with Crippen LogP contribution in [0.2, 0.25) is 0 Å². The summed E-state index contributed by atoms with van der Waals surface area (Å²) < 4.78 is 16.4. The van der Waals surface area contributed by atoms with Crippen molar-refractivity contribution in [1.82, 2.24) is 24.7 Å². The fourth-order valence-corrected chi connectivity index (χ4v) is 4.95. The predicted molar refractivity (Wildman–Crippen MR) is 133 cm³/mol. The van der Waals surface area contributed by atoms with Gasteiger partial charge >= 0.3 is 0 Å². The van der Waals surface area contributed by atoms with E-state index in [2.05, 4.69) is 39.0 Å². The molecule has 0 aromatic carbocycles. The van der Waals surface area contributed by atoms with Crippen LogP contribution < -0.4 is 15.1 Å². The van der Waals surface area contributed by atoms with Gasteiger partial charge in [0.05, 0.1) is 29.7 Å². The van der Waals surface area contributed by atoms with E-state index in [4.69, 9.17) is 5.10 Å². The normalized spacial score (nSPS) is 24.5. The number of hydrogen-bond acceptors (Lipinski definition) is 9. The van der Waals surface area contributed by atoms with E-state index < -0.39 is 17.7 Å². The number of hydrogen-bond donors (Lipinski definition) is 3. The maximum absolute atomic E-state index is 14.4. The minimum Gasteiger partial charge on any atom is -0.391 e. The maximum atomic E-state index is 14.4. The van der Waals surface area contributed by atoms with Crippen LogP contribution in [0.3, 0.4) is 0 Å². The van der Waals surface area contributed by atoms with Crippen molar-refractivity contribution >= 4 is 34.3 Å². The topological polar surface area (TPSA) is 115 Å². The molecule has 0 spiro atoms. The lowest BCUT2D eigenvalue weighted by Gasteiger charge is -2.43. The molecular weight excluding hydrogens is 451 g/mol. The number of β-amino-alcohol motifs (C(OH)–C–C–N with tert-alkyl or cyclic N) is 1. The van der Waals surface area contributed by atoms with Gasteiger partial charge in [0.25, 0.3) is 0 Å². The fraction of sp³-hybridized carbons (Fsp3) is 0.583. The third-order valence-corrected chi connectivity index (χ3v) is 6.84. The number of aromatic nitrogens is 5. The van der Waals surface area contributed by atoms with E-state index in [9.17, 15) is 14.6 Å². The molecule has 0 radical (unpaired) electrons. The summed E-state index contributed by atoms with van der Waals surface area (Å²) in [5, 5.41) is 29.2. The van der Waals surface area contributed by atoms with Crippen molar-refractivity contribution in [2.24, 2.45) is 5.41 Å². The molecule has 2 aliphatic rings. The zero-order chi connectivity index (χ0) is 24.9. The first-order valence-electron chi connectivity index (χ1n) is 12.1. The van der Waals surface area contributed by atoms with Gasteiger partial charge in [-0.25, -0.2) is 14.4 Å². The highest BCUT2D eigenvalue weighted by molar-refractivity contribution is 5.92. The number of fused-ring (bicyclic) bond motifs is 1. The second-order valence-electron chi connectivity index (χ2n) is 10.5. The minimum absolute atomic E-state index is 0.0415. The highest BCUT2D eigenvalue weighted by Crippen LogP contribution is 2.34. The molecule has 0 saturated carbocycles. The van der Waals surface area contributed by atoms with E-state index in [0.29, 0.717) is 30.7 Å².